The molecule has 1 aliphatic heterocycles. The molecule has 0 aromatic heterocycles. The highest BCUT2D eigenvalue weighted by Gasteiger charge is 2.14. The third kappa shape index (κ3) is 3.24. The number of nitrogens with one attached hydrogen (secondary N) is 1. The Morgan fingerprint density at radius 3 is 2.75 bits per heavy atom. The van der Waals surface area contributed by atoms with Crippen LogP contribution in [0, 0.1) is 0 Å². The van der Waals surface area contributed by atoms with E-state index in [1.807, 2.05) is 0 Å². The van der Waals surface area contributed by atoms with Crippen molar-refractivity contribution >= 4 is 0 Å². The van der Waals surface area contributed by atoms with Crippen LogP contribution < -0.4 is 10.1 Å². The monoisotopic (exact) mass is 219 g/mol. The summed E-state index contributed by atoms with van der Waals surface area (Å²) in [5.41, 5.74) is 1.40. The second-order valence-corrected chi connectivity index (χ2v) is 4.50. The summed E-state index contributed by atoms with van der Waals surface area (Å²) in [6.07, 6.45) is 4.88. The summed E-state index contributed by atoms with van der Waals surface area (Å²) in [5.74, 6) is 0.994. The lowest BCUT2D eigenvalue weighted by Gasteiger charge is -2.12. The smallest absolute Gasteiger partial charge is 0.119 e. The summed E-state index contributed by atoms with van der Waals surface area (Å²) in [5, 5.41) is 3.43. The van der Waals surface area contributed by atoms with Crippen molar-refractivity contribution in [3.63, 3.8) is 0 Å². The molecule has 88 valence electrons. The van der Waals surface area contributed by atoms with Gasteiger partial charge in [-0.1, -0.05) is 25.5 Å². The summed E-state index contributed by atoms with van der Waals surface area (Å²) >= 11 is 0. The minimum absolute atomic E-state index is 0.551. The fourth-order valence-electron chi connectivity index (χ4n) is 2.14. The van der Waals surface area contributed by atoms with Crippen molar-refractivity contribution in [1.29, 1.82) is 0 Å². The quantitative estimate of drug-likeness (QED) is 0.822. The van der Waals surface area contributed by atoms with Gasteiger partial charge < -0.3 is 10.1 Å². The number of rotatable bonds is 5. The van der Waals surface area contributed by atoms with Crippen LogP contribution in [0.2, 0.25) is 0 Å². The molecule has 1 heterocycles. The topological polar surface area (TPSA) is 21.3 Å². The first kappa shape index (κ1) is 11.5. The molecular weight excluding hydrogens is 198 g/mol. The Bertz CT molecular complexity index is 301. The van der Waals surface area contributed by atoms with Gasteiger partial charge in [0, 0.05) is 6.04 Å². The maximum Gasteiger partial charge on any atom is 0.119 e. The highest BCUT2D eigenvalue weighted by atomic mass is 16.5. The van der Waals surface area contributed by atoms with E-state index in [9.17, 15) is 0 Å². The first-order chi connectivity index (χ1) is 7.88. The first-order valence-corrected chi connectivity index (χ1v) is 6.33. The van der Waals surface area contributed by atoms with Crippen molar-refractivity contribution < 1.29 is 4.74 Å². The standard InChI is InChI=1S/C14H21NO/c1-2-4-12-6-8-14(9-7-12)16-11-13-5-3-10-15-13/h6-9,13,15H,2-5,10-11H2,1H3. The number of aryl methyl sites for hydroxylation is 1. The molecule has 2 heteroatoms. The lowest BCUT2D eigenvalue weighted by atomic mass is 10.1. The van der Waals surface area contributed by atoms with Gasteiger partial charge in [-0.3, -0.25) is 0 Å². The molecule has 0 amide bonds. The third-order valence-corrected chi connectivity index (χ3v) is 3.08. The van der Waals surface area contributed by atoms with E-state index in [1.165, 1.54) is 24.8 Å². The number of hydrogen-bond donors (Lipinski definition) is 1. The van der Waals surface area contributed by atoms with Crippen LogP contribution in [0.25, 0.3) is 0 Å². The fourth-order valence-corrected chi connectivity index (χ4v) is 2.14. The molecule has 16 heavy (non-hydrogen) atoms. The Morgan fingerprint density at radius 2 is 2.12 bits per heavy atom. The van der Waals surface area contributed by atoms with Crippen LogP contribution in [0.1, 0.15) is 31.7 Å². The average Bonchev–Trinajstić information content (AvgIpc) is 2.82. The van der Waals surface area contributed by atoms with Gasteiger partial charge in [0.2, 0.25) is 0 Å². The van der Waals surface area contributed by atoms with Crippen LogP contribution in [0.15, 0.2) is 24.3 Å². The highest BCUT2D eigenvalue weighted by molar-refractivity contribution is 5.27. The van der Waals surface area contributed by atoms with Gasteiger partial charge in [-0.25, -0.2) is 0 Å². The van der Waals surface area contributed by atoms with Crippen LogP contribution in [-0.4, -0.2) is 19.2 Å². The van der Waals surface area contributed by atoms with E-state index in [-0.39, 0.29) is 0 Å². The van der Waals surface area contributed by atoms with Gasteiger partial charge in [0.1, 0.15) is 12.4 Å². The lowest BCUT2D eigenvalue weighted by Crippen LogP contribution is -2.28. The molecule has 0 radical (unpaired) electrons. The minimum Gasteiger partial charge on any atom is -0.492 e. The summed E-state index contributed by atoms with van der Waals surface area (Å²) in [6.45, 7) is 4.15. The summed E-state index contributed by atoms with van der Waals surface area (Å²) in [4.78, 5) is 0. The first-order valence-electron chi connectivity index (χ1n) is 6.33. The largest absolute Gasteiger partial charge is 0.492 e. The lowest BCUT2D eigenvalue weighted by molar-refractivity contribution is 0.277. The summed E-state index contributed by atoms with van der Waals surface area (Å²) in [6, 6.07) is 9.05. The van der Waals surface area contributed by atoms with Gasteiger partial charge in [-0.05, 0) is 43.5 Å². The van der Waals surface area contributed by atoms with Gasteiger partial charge >= 0.3 is 0 Å². The van der Waals surface area contributed by atoms with E-state index in [2.05, 4.69) is 36.5 Å². The molecule has 1 aromatic carbocycles. The summed E-state index contributed by atoms with van der Waals surface area (Å²) in [7, 11) is 0. The number of benzene rings is 1. The summed E-state index contributed by atoms with van der Waals surface area (Å²) < 4.78 is 5.76. The molecule has 0 saturated carbocycles. The van der Waals surface area contributed by atoms with Crippen LogP contribution in [-0.2, 0) is 6.42 Å². The van der Waals surface area contributed by atoms with Gasteiger partial charge in [-0.15, -0.1) is 0 Å². The molecule has 0 aliphatic carbocycles. The molecule has 1 aromatic rings. The Kier molecular flexibility index (Phi) is 4.23. The average molecular weight is 219 g/mol. The normalized spacial score (nSPS) is 19.9. The Labute approximate surface area is 98.0 Å². The molecule has 1 saturated heterocycles. The Hall–Kier alpha value is -1.02. The Morgan fingerprint density at radius 1 is 1.31 bits per heavy atom. The SMILES string of the molecule is CCCc1ccc(OCC2CCCN2)cc1. The highest BCUT2D eigenvalue weighted by Crippen LogP contribution is 2.14. The third-order valence-electron chi connectivity index (χ3n) is 3.08. The molecule has 1 N–H and O–H groups in total. The van der Waals surface area contributed by atoms with E-state index >= 15 is 0 Å². The molecule has 2 rings (SSSR count). The zero-order chi connectivity index (χ0) is 11.2. The molecule has 1 atom stereocenters. The van der Waals surface area contributed by atoms with Gasteiger partial charge in [-0.2, -0.15) is 0 Å². The number of hydrogen-bond acceptors (Lipinski definition) is 2. The van der Waals surface area contributed by atoms with Crippen LogP contribution in [0.5, 0.6) is 5.75 Å². The minimum atomic E-state index is 0.551. The zero-order valence-corrected chi connectivity index (χ0v) is 10.0. The number of ether oxygens (including phenoxy) is 1. The van der Waals surface area contributed by atoms with E-state index in [0.29, 0.717) is 6.04 Å². The zero-order valence-electron chi connectivity index (χ0n) is 10.0. The van der Waals surface area contributed by atoms with E-state index in [0.717, 1.165) is 25.3 Å². The second-order valence-electron chi connectivity index (χ2n) is 4.50. The molecule has 0 bridgehead atoms. The van der Waals surface area contributed by atoms with Crippen molar-refractivity contribution in [2.75, 3.05) is 13.2 Å². The Balaban J connectivity index is 1.80. The van der Waals surface area contributed by atoms with Crippen LogP contribution in [0.3, 0.4) is 0 Å². The van der Waals surface area contributed by atoms with E-state index in [1.54, 1.807) is 0 Å². The molecular formula is C14H21NO. The van der Waals surface area contributed by atoms with Crippen molar-refractivity contribution in [2.24, 2.45) is 0 Å². The van der Waals surface area contributed by atoms with Gasteiger partial charge in [0.15, 0.2) is 0 Å². The van der Waals surface area contributed by atoms with E-state index in [4.69, 9.17) is 4.74 Å². The molecule has 1 unspecified atom stereocenters. The molecule has 2 nitrogen and oxygen atoms in total. The van der Waals surface area contributed by atoms with Gasteiger partial charge in [0.05, 0.1) is 0 Å². The maximum absolute atomic E-state index is 5.76. The second kappa shape index (κ2) is 5.90. The van der Waals surface area contributed by atoms with Crippen LogP contribution >= 0.6 is 0 Å². The van der Waals surface area contributed by atoms with E-state index < -0.39 is 0 Å². The molecule has 1 fully saturated rings. The predicted octanol–water partition coefficient (Wildman–Crippen LogP) is 2.77. The predicted molar refractivity (Wildman–Crippen MR) is 67.0 cm³/mol. The maximum atomic E-state index is 5.76. The van der Waals surface area contributed by atoms with Crippen molar-refractivity contribution in [1.82, 2.24) is 5.32 Å². The van der Waals surface area contributed by atoms with Crippen molar-refractivity contribution in [3.8, 4) is 5.75 Å². The van der Waals surface area contributed by atoms with Crippen LogP contribution in [0.4, 0.5) is 0 Å². The molecule has 0 spiro atoms. The van der Waals surface area contributed by atoms with Gasteiger partial charge in [0.25, 0.3) is 0 Å². The fraction of sp³-hybridized carbons (Fsp3) is 0.571. The van der Waals surface area contributed by atoms with Crippen molar-refractivity contribution in [2.45, 2.75) is 38.6 Å². The molecule has 1 aliphatic rings. The van der Waals surface area contributed by atoms with Crippen molar-refractivity contribution in [3.05, 3.63) is 29.8 Å².